The van der Waals surface area contributed by atoms with Crippen LogP contribution in [0.1, 0.15) is 6.92 Å². The van der Waals surface area contributed by atoms with E-state index in [4.69, 9.17) is 4.74 Å². The summed E-state index contributed by atoms with van der Waals surface area (Å²) in [6.45, 7) is 1.06. The molecule has 108 valence electrons. The molecule has 8 nitrogen and oxygen atoms in total. The Morgan fingerprint density at radius 2 is 2.30 bits per heavy atom. The molecule has 0 aromatic heterocycles. The summed E-state index contributed by atoms with van der Waals surface area (Å²) >= 11 is 1.32. The summed E-state index contributed by atoms with van der Waals surface area (Å²) in [4.78, 5) is 45.5. The van der Waals surface area contributed by atoms with Crippen molar-refractivity contribution in [1.82, 2.24) is 10.2 Å². The molecule has 2 heterocycles. The van der Waals surface area contributed by atoms with Gasteiger partial charge in [-0.25, -0.2) is 4.79 Å². The molecule has 0 saturated carbocycles. The van der Waals surface area contributed by atoms with Crippen LogP contribution in [0.2, 0.25) is 0 Å². The number of amides is 2. The first-order valence-electron chi connectivity index (χ1n) is 5.70. The van der Waals surface area contributed by atoms with Crippen LogP contribution in [0.3, 0.4) is 0 Å². The molecular formula is C11H12N2O6S. The number of carboxylic acids is 1. The Balaban J connectivity index is 2.23. The molecular weight excluding hydrogens is 288 g/mol. The van der Waals surface area contributed by atoms with Crippen LogP contribution in [0, 0.1) is 0 Å². The fraction of sp³-hybridized carbons (Fsp3) is 0.455. The van der Waals surface area contributed by atoms with E-state index in [0.29, 0.717) is 17.7 Å². The van der Waals surface area contributed by atoms with E-state index in [0.717, 1.165) is 4.90 Å². The van der Waals surface area contributed by atoms with Gasteiger partial charge in [0, 0.05) is 18.2 Å². The molecule has 0 bridgehead atoms. The van der Waals surface area contributed by atoms with Crippen molar-refractivity contribution in [2.75, 3.05) is 12.4 Å². The van der Waals surface area contributed by atoms with Gasteiger partial charge in [0.05, 0.1) is 0 Å². The van der Waals surface area contributed by atoms with E-state index >= 15 is 0 Å². The third-order valence-electron chi connectivity index (χ3n) is 2.95. The molecule has 2 N–H and O–H groups in total. The Morgan fingerprint density at radius 1 is 1.60 bits per heavy atom. The number of esters is 1. The van der Waals surface area contributed by atoms with E-state index < -0.39 is 29.3 Å². The molecule has 2 amide bonds. The van der Waals surface area contributed by atoms with E-state index in [9.17, 15) is 24.3 Å². The fourth-order valence-corrected chi connectivity index (χ4v) is 3.41. The normalized spacial score (nSPS) is 24.6. The Morgan fingerprint density at radius 3 is 2.85 bits per heavy atom. The van der Waals surface area contributed by atoms with Crippen LogP contribution in [0.5, 0.6) is 0 Å². The summed E-state index contributed by atoms with van der Waals surface area (Å²) in [7, 11) is 0. The number of aliphatic carboxylic acids is 1. The SMILES string of the molecule is CC(=O)OCC1=C(C(=O)O)N2C(=O)[C@@H](NC=O)[C@@H]2SC1. The van der Waals surface area contributed by atoms with Crippen molar-refractivity contribution in [2.45, 2.75) is 18.3 Å². The van der Waals surface area contributed by atoms with Gasteiger partial charge in [0.2, 0.25) is 6.41 Å². The number of carbonyl (C=O) groups is 4. The quantitative estimate of drug-likeness (QED) is 0.377. The largest absolute Gasteiger partial charge is 0.477 e. The van der Waals surface area contributed by atoms with E-state index in [1.165, 1.54) is 18.7 Å². The molecule has 0 spiro atoms. The molecule has 2 rings (SSSR count). The van der Waals surface area contributed by atoms with Crippen LogP contribution < -0.4 is 5.32 Å². The van der Waals surface area contributed by atoms with Crippen LogP contribution in [-0.4, -0.2) is 58.0 Å². The highest BCUT2D eigenvalue weighted by Gasteiger charge is 2.53. The minimum absolute atomic E-state index is 0.160. The fourth-order valence-electron chi connectivity index (χ4n) is 2.08. The lowest BCUT2D eigenvalue weighted by Gasteiger charge is -2.48. The molecule has 0 radical (unpaired) electrons. The lowest BCUT2D eigenvalue weighted by atomic mass is 10.0. The minimum atomic E-state index is -1.25. The minimum Gasteiger partial charge on any atom is -0.477 e. The first-order chi connectivity index (χ1) is 9.47. The molecule has 1 saturated heterocycles. The zero-order valence-corrected chi connectivity index (χ0v) is 11.3. The van der Waals surface area contributed by atoms with Crippen molar-refractivity contribution in [3.05, 3.63) is 11.3 Å². The second-order valence-electron chi connectivity index (χ2n) is 4.21. The number of nitrogens with one attached hydrogen (secondary N) is 1. The Kier molecular flexibility index (Phi) is 3.98. The zero-order chi connectivity index (χ0) is 14.9. The van der Waals surface area contributed by atoms with Crippen LogP contribution in [0.25, 0.3) is 0 Å². The van der Waals surface area contributed by atoms with Crippen LogP contribution in [0.15, 0.2) is 11.3 Å². The number of carboxylic acid groups (broad SMARTS) is 1. The predicted molar refractivity (Wildman–Crippen MR) is 67.4 cm³/mol. The molecule has 2 aliphatic rings. The Labute approximate surface area is 118 Å². The topological polar surface area (TPSA) is 113 Å². The lowest BCUT2D eigenvalue weighted by molar-refractivity contribution is -0.150. The summed E-state index contributed by atoms with van der Waals surface area (Å²) < 4.78 is 4.80. The van der Waals surface area contributed by atoms with E-state index in [2.05, 4.69) is 5.32 Å². The van der Waals surface area contributed by atoms with Crippen molar-refractivity contribution < 1.29 is 29.0 Å². The molecule has 9 heteroatoms. The zero-order valence-electron chi connectivity index (χ0n) is 10.5. The van der Waals surface area contributed by atoms with Gasteiger partial charge in [-0.1, -0.05) is 0 Å². The van der Waals surface area contributed by atoms with E-state index in [1.54, 1.807) is 0 Å². The number of hydrogen-bond donors (Lipinski definition) is 2. The van der Waals surface area contributed by atoms with Gasteiger partial charge in [-0.05, 0) is 0 Å². The maximum absolute atomic E-state index is 11.9. The highest BCUT2D eigenvalue weighted by atomic mass is 32.2. The first-order valence-corrected chi connectivity index (χ1v) is 6.75. The number of ether oxygens (including phenoxy) is 1. The number of thioether (sulfide) groups is 1. The predicted octanol–water partition coefficient (Wildman–Crippen LogP) is -1.08. The van der Waals surface area contributed by atoms with E-state index in [-0.39, 0.29) is 12.3 Å². The molecule has 2 aliphatic heterocycles. The van der Waals surface area contributed by atoms with Gasteiger partial charge in [0.15, 0.2) is 0 Å². The van der Waals surface area contributed by atoms with E-state index in [1.807, 2.05) is 0 Å². The smallest absolute Gasteiger partial charge is 0.352 e. The number of carbonyl (C=O) groups excluding carboxylic acids is 3. The summed E-state index contributed by atoms with van der Waals surface area (Å²) in [5.74, 6) is -1.94. The number of hydrogen-bond acceptors (Lipinski definition) is 6. The number of fused-ring (bicyclic) bond motifs is 1. The second kappa shape index (κ2) is 5.53. The van der Waals surface area contributed by atoms with Crippen LogP contribution >= 0.6 is 11.8 Å². The summed E-state index contributed by atoms with van der Waals surface area (Å²) in [6, 6.07) is -0.706. The van der Waals surface area contributed by atoms with Gasteiger partial charge in [-0.15, -0.1) is 11.8 Å². The number of rotatable bonds is 5. The Bertz CT molecular complexity index is 517. The average Bonchev–Trinajstić information content (AvgIpc) is 2.40. The monoisotopic (exact) mass is 300 g/mol. The van der Waals surface area contributed by atoms with Crippen LogP contribution in [0.4, 0.5) is 0 Å². The standard InChI is InChI=1S/C11H12N2O6S/c1-5(15)19-2-6-3-20-10-7(12-4-14)9(16)13(10)8(6)11(17)18/h4,7,10H,2-3H2,1H3,(H,12,14)(H,17,18)/t7-,10+/m1/s1. The molecule has 0 aromatic rings. The first kappa shape index (κ1) is 14.4. The lowest BCUT2D eigenvalue weighted by Crippen LogP contribution is -2.69. The Hall–Kier alpha value is -2.03. The molecule has 0 unspecified atom stereocenters. The molecule has 1 fully saturated rings. The van der Waals surface area contributed by atoms with Gasteiger partial charge >= 0.3 is 11.9 Å². The van der Waals surface area contributed by atoms with Crippen LogP contribution in [-0.2, 0) is 23.9 Å². The summed E-state index contributed by atoms with van der Waals surface area (Å²) in [6.07, 6.45) is 0.416. The average molecular weight is 300 g/mol. The van der Waals surface area contributed by atoms with Crippen molar-refractivity contribution in [3.63, 3.8) is 0 Å². The molecule has 0 aliphatic carbocycles. The maximum atomic E-state index is 11.9. The van der Waals surface area contributed by atoms with Gasteiger partial charge < -0.3 is 15.2 Å². The highest BCUT2D eigenvalue weighted by molar-refractivity contribution is 8.00. The van der Waals surface area contributed by atoms with Crippen molar-refractivity contribution in [3.8, 4) is 0 Å². The van der Waals surface area contributed by atoms with Gasteiger partial charge in [-0.3, -0.25) is 19.3 Å². The van der Waals surface area contributed by atoms with Crippen molar-refractivity contribution in [2.24, 2.45) is 0 Å². The van der Waals surface area contributed by atoms with Gasteiger partial charge in [0.1, 0.15) is 23.7 Å². The van der Waals surface area contributed by atoms with Gasteiger partial charge in [0.25, 0.3) is 5.91 Å². The molecule has 2 atom stereocenters. The maximum Gasteiger partial charge on any atom is 0.352 e. The number of nitrogens with zero attached hydrogens (tertiary/aromatic N) is 1. The third-order valence-corrected chi connectivity index (χ3v) is 4.29. The highest BCUT2D eigenvalue weighted by Crippen LogP contribution is 2.40. The summed E-state index contributed by atoms with van der Waals surface area (Å²) in [5, 5.41) is 11.2. The summed E-state index contributed by atoms with van der Waals surface area (Å²) in [5.41, 5.74) is 0.204. The second-order valence-corrected chi connectivity index (χ2v) is 5.31. The molecule has 0 aromatic carbocycles. The number of β-lactam (4-membered cyclic amide) rings is 1. The molecule has 20 heavy (non-hydrogen) atoms. The van der Waals surface area contributed by atoms with Crippen molar-refractivity contribution >= 4 is 36.0 Å². The van der Waals surface area contributed by atoms with Crippen molar-refractivity contribution in [1.29, 1.82) is 0 Å². The van der Waals surface area contributed by atoms with Gasteiger partial charge in [-0.2, -0.15) is 0 Å². The third kappa shape index (κ3) is 2.36.